The Morgan fingerprint density at radius 1 is 0.543 bits per heavy atom. The van der Waals surface area contributed by atoms with E-state index in [0.717, 1.165) is 25.7 Å². The number of hydrogen-bond acceptors (Lipinski definition) is 10. The number of rotatable bonds is 25. The summed E-state index contributed by atoms with van der Waals surface area (Å²) in [5.74, 6) is -0.543. The number of carbonyl (C=O) groups is 2. The van der Waals surface area contributed by atoms with Crippen LogP contribution in [0.1, 0.15) is 59.8 Å². The molecule has 0 atom stereocenters. The zero-order valence-electron chi connectivity index (χ0n) is 22.3. The summed E-state index contributed by atoms with van der Waals surface area (Å²) in [6.07, 6.45) is 4.75. The van der Waals surface area contributed by atoms with Crippen LogP contribution in [0.15, 0.2) is 0 Å². The van der Waals surface area contributed by atoms with Crippen molar-refractivity contribution in [2.45, 2.75) is 65.4 Å². The lowest BCUT2D eigenvalue weighted by atomic mass is 10.2. The van der Waals surface area contributed by atoms with E-state index in [2.05, 4.69) is 6.92 Å². The molecule has 0 amide bonds. The lowest BCUT2D eigenvalue weighted by Crippen LogP contribution is -2.27. The molecule has 0 N–H and O–H groups in total. The van der Waals surface area contributed by atoms with Gasteiger partial charge in [-0.05, 0) is 27.2 Å². The highest BCUT2D eigenvalue weighted by Gasteiger charge is 2.15. The molecule has 0 aliphatic carbocycles. The van der Waals surface area contributed by atoms with Crippen molar-refractivity contribution in [3.63, 3.8) is 0 Å². The molecule has 0 spiro atoms. The fraction of sp³-hybridized carbons (Fsp3) is 0.920. The largest absolute Gasteiger partial charge is 0.463 e. The lowest BCUT2D eigenvalue weighted by molar-refractivity contribution is -0.160. The standard InChI is InChI=1S/C25H48O10/c1-5-6-7-8-9-23(26)34-21-20-32-17-16-30-13-12-28-10-11-29-14-15-31-18-19-33-22-24(27)35-25(2,3)4/h5-22H2,1-4H3. The van der Waals surface area contributed by atoms with Gasteiger partial charge >= 0.3 is 11.9 Å². The van der Waals surface area contributed by atoms with Crippen LogP contribution in [0.4, 0.5) is 0 Å². The molecule has 0 bridgehead atoms. The van der Waals surface area contributed by atoms with Crippen molar-refractivity contribution in [1.29, 1.82) is 0 Å². The molecule has 0 aliphatic rings. The van der Waals surface area contributed by atoms with Gasteiger partial charge in [0.1, 0.15) is 18.8 Å². The highest BCUT2D eigenvalue weighted by molar-refractivity contribution is 5.71. The highest BCUT2D eigenvalue weighted by Crippen LogP contribution is 2.06. The first-order valence-corrected chi connectivity index (χ1v) is 12.7. The van der Waals surface area contributed by atoms with Gasteiger partial charge in [0.05, 0.1) is 72.7 Å². The molecule has 0 saturated heterocycles. The molecule has 0 aromatic heterocycles. The summed E-state index contributed by atoms with van der Waals surface area (Å²) < 4.78 is 42.4. The van der Waals surface area contributed by atoms with E-state index in [0.29, 0.717) is 79.1 Å². The van der Waals surface area contributed by atoms with Crippen molar-refractivity contribution in [2.24, 2.45) is 0 Å². The minimum Gasteiger partial charge on any atom is -0.463 e. The highest BCUT2D eigenvalue weighted by atomic mass is 16.6. The van der Waals surface area contributed by atoms with Crippen molar-refractivity contribution in [3.05, 3.63) is 0 Å². The Hall–Kier alpha value is -1.30. The Labute approximate surface area is 211 Å². The summed E-state index contributed by atoms with van der Waals surface area (Å²) in [5, 5.41) is 0. The van der Waals surface area contributed by atoms with Gasteiger partial charge in [-0.2, -0.15) is 0 Å². The minimum absolute atomic E-state index is 0.0817. The normalized spacial score (nSPS) is 11.5. The maximum atomic E-state index is 11.5. The van der Waals surface area contributed by atoms with Gasteiger partial charge in [-0.15, -0.1) is 0 Å². The number of carbonyl (C=O) groups excluding carboxylic acids is 2. The van der Waals surface area contributed by atoms with Gasteiger partial charge in [-0.25, -0.2) is 4.79 Å². The van der Waals surface area contributed by atoms with E-state index in [-0.39, 0.29) is 25.2 Å². The van der Waals surface area contributed by atoms with Crippen LogP contribution in [-0.2, 0) is 47.5 Å². The Morgan fingerprint density at radius 3 is 1.40 bits per heavy atom. The molecule has 0 radical (unpaired) electrons. The van der Waals surface area contributed by atoms with E-state index in [4.69, 9.17) is 37.9 Å². The summed E-state index contributed by atoms with van der Waals surface area (Å²) in [4.78, 5) is 22.9. The summed E-state index contributed by atoms with van der Waals surface area (Å²) in [6.45, 7) is 12.6. The Morgan fingerprint density at radius 2 is 0.971 bits per heavy atom. The van der Waals surface area contributed by atoms with E-state index in [1.54, 1.807) is 0 Å². The van der Waals surface area contributed by atoms with Gasteiger partial charge in [0.2, 0.25) is 0 Å². The summed E-state index contributed by atoms with van der Waals surface area (Å²) >= 11 is 0. The maximum Gasteiger partial charge on any atom is 0.332 e. The molecule has 0 unspecified atom stereocenters. The maximum absolute atomic E-state index is 11.5. The second-order valence-corrected chi connectivity index (χ2v) is 8.73. The van der Waals surface area contributed by atoms with Crippen molar-refractivity contribution in [3.8, 4) is 0 Å². The van der Waals surface area contributed by atoms with Gasteiger partial charge in [0.15, 0.2) is 0 Å². The third-order valence-corrected chi connectivity index (χ3v) is 4.23. The third-order valence-electron chi connectivity index (χ3n) is 4.23. The van der Waals surface area contributed by atoms with Crippen molar-refractivity contribution in [2.75, 3.05) is 85.9 Å². The average molecular weight is 509 g/mol. The minimum atomic E-state index is -0.507. The first-order valence-electron chi connectivity index (χ1n) is 12.7. The van der Waals surface area contributed by atoms with Crippen LogP contribution >= 0.6 is 0 Å². The van der Waals surface area contributed by atoms with Crippen molar-refractivity contribution < 1.29 is 47.5 Å². The smallest absolute Gasteiger partial charge is 0.332 e. The number of ether oxygens (including phenoxy) is 8. The van der Waals surface area contributed by atoms with Gasteiger partial charge in [0, 0.05) is 6.42 Å². The molecule has 0 heterocycles. The Kier molecular flexibility index (Phi) is 23.5. The van der Waals surface area contributed by atoms with E-state index >= 15 is 0 Å². The van der Waals surface area contributed by atoms with Gasteiger partial charge in [-0.3, -0.25) is 4.79 Å². The van der Waals surface area contributed by atoms with Gasteiger partial charge in [-0.1, -0.05) is 26.2 Å². The second-order valence-electron chi connectivity index (χ2n) is 8.73. The SMILES string of the molecule is CCCCCCC(=O)OCCOCCOCCOCCOCCOCCOCC(=O)OC(C)(C)C. The summed E-state index contributed by atoms with van der Waals surface area (Å²) in [5.41, 5.74) is -0.507. The van der Waals surface area contributed by atoms with Crippen LogP contribution < -0.4 is 0 Å². The average Bonchev–Trinajstić information content (AvgIpc) is 2.79. The molecule has 0 saturated carbocycles. The topological polar surface area (TPSA) is 108 Å². The Bertz CT molecular complexity index is 493. The number of hydrogen-bond donors (Lipinski definition) is 0. The molecule has 10 nitrogen and oxygen atoms in total. The number of unbranched alkanes of at least 4 members (excludes halogenated alkanes) is 3. The van der Waals surface area contributed by atoms with E-state index in [1.165, 1.54) is 0 Å². The fourth-order valence-corrected chi connectivity index (χ4v) is 2.61. The van der Waals surface area contributed by atoms with Crippen LogP contribution in [0, 0.1) is 0 Å². The molecule has 10 heteroatoms. The van der Waals surface area contributed by atoms with Crippen LogP contribution in [0.25, 0.3) is 0 Å². The molecular weight excluding hydrogens is 460 g/mol. The second kappa shape index (κ2) is 24.4. The van der Waals surface area contributed by atoms with Crippen molar-refractivity contribution >= 4 is 11.9 Å². The predicted octanol–water partition coefficient (Wildman–Crippen LogP) is 2.94. The van der Waals surface area contributed by atoms with Crippen LogP contribution in [0.3, 0.4) is 0 Å². The first-order chi connectivity index (χ1) is 16.8. The van der Waals surface area contributed by atoms with Crippen molar-refractivity contribution in [1.82, 2.24) is 0 Å². The zero-order valence-corrected chi connectivity index (χ0v) is 22.3. The summed E-state index contributed by atoms with van der Waals surface area (Å²) in [7, 11) is 0. The first kappa shape index (κ1) is 33.7. The molecule has 35 heavy (non-hydrogen) atoms. The van der Waals surface area contributed by atoms with E-state index in [1.807, 2.05) is 20.8 Å². The monoisotopic (exact) mass is 508 g/mol. The number of esters is 2. The molecule has 0 fully saturated rings. The quantitative estimate of drug-likeness (QED) is 0.135. The van der Waals surface area contributed by atoms with E-state index < -0.39 is 5.60 Å². The summed E-state index contributed by atoms with van der Waals surface area (Å²) in [6, 6.07) is 0. The fourth-order valence-electron chi connectivity index (χ4n) is 2.61. The molecule has 0 aromatic carbocycles. The van der Waals surface area contributed by atoms with Crippen LogP contribution in [0.2, 0.25) is 0 Å². The van der Waals surface area contributed by atoms with Gasteiger partial charge < -0.3 is 37.9 Å². The van der Waals surface area contributed by atoms with Crippen LogP contribution in [-0.4, -0.2) is 103 Å². The van der Waals surface area contributed by atoms with Gasteiger partial charge in [0.25, 0.3) is 0 Å². The zero-order chi connectivity index (χ0) is 26.0. The predicted molar refractivity (Wildman–Crippen MR) is 130 cm³/mol. The van der Waals surface area contributed by atoms with Crippen LogP contribution in [0.5, 0.6) is 0 Å². The Balaban J connectivity index is 3.17. The molecule has 0 rings (SSSR count). The molecule has 0 aliphatic heterocycles. The lowest BCUT2D eigenvalue weighted by Gasteiger charge is -2.19. The molecular formula is C25H48O10. The molecule has 208 valence electrons. The molecule has 0 aromatic rings. The van der Waals surface area contributed by atoms with E-state index in [9.17, 15) is 9.59 Å². The third kappa shape index (κ3) is 28.8.